The molecule has 3 heterocycles. The number of halogens is 1. The summed E-state index contributed by atoms with van der Waals surface area (Å²) in [6.07, 6.45) is 3.53. The summed E-state index contributed by atoms with van der Waals surface area (Å²) in [6, 6.07) is 8.99. The minimum Gasteiger partial charge on any atom is -0.492 e. The number of likely N-dealkylation sites (tertiary alicyclic amines) is 1. The minimum atomic E-state index is -0.0867. The van der Waals surface area contributed by atoms with Crippen molar-refractivity contribution in [2.45, 2.75) is 24.9 Å². The van der Waals surface area contributed by atoms with Gasteiger partial charge in [-0.3, -0.25) is 4.79 Å². The molecule has 144 valence electrons. The van der Waals surface area contributed by atoms with Crippen molar-refractivity contribution in [1.82, 2.24) is 9.88 Å². The molecular weight excluding hydrogens is 378 g/mol. The molecule has 2 aliphatic heterocycles. The van der Waals surface area contributed by atoms with Crippen molar-refractivity contribution in [3.8, 4) is 11.8 Å². The number of nitrogens with zero attached hydrogens (tertiary/aromatic N) is 4. The van der Waals surface area contributed by atoms with Gasteiger partial charge in [-0.25, -0.2) is 4.98 Å². The van der Waals surface area contributed by atoms with Crippen LogP contribution in [-0.4, -0.2) is 48.1 Å². The molecule has 2 atom stereocenters. The third-order valence-corrected chi connectivity index (χ3v) is 5.70. The lowest BCUT2D eigenvalue weighted by Gasteiger charge is -2.42. The number of anilines is 2. The summed E-state index contributed by atoms with van der Waals surface area (Å²) in [5, 5.41) is 9.86. The Kier molecular flexibility index (Phi) is 4.73. The molecule has 2 aliphatic rings. The molecule has 8 heteroatoms. The van der Waals surface area contributed by atoms with Gasteiger partial charge in [-0.2, -0.15) is 5.26 Å². The number of benzene rings is 1. The molecule has 4 rings (SSSR count). The fraction of sp³-hybridized carbons (Fsp3) is 0.350. The zero-order chi connectivity index (χ0) is 19.8. The van der Waals surface area contributed by atoms with Crippen LogP contribution < -0.4 is 15.4 Å². The summed E-state index contributed by atoms with van der Waals surface area (Å²) in [4.78, 5) is 21.6. The predicted octanol–water partition coefficient (Wildman–Crippen LogP) is 2.69. The van der Waals surface area contributed by atoms with Crippen molar-refractivity contribution in [2.75, 3.05) is 30.8 Å². The van der Waals surface area contributed by atoms with E-state index >= 15 is 0 Å². The summed E-state index contributed by atoms with van der Waals surface area (Å²) in [7, 11) is 1.55. The number of nitriles is 1. The second kappa shape index (κ2) is 7.21. The summed E-state index contributed by atoms with van der Waals surface area (Å²) in [6.45, 7) is 1.14. The Bertz CT molecular complexity index is 960. The highest BCUT2D eigenvalue weighted by Crippen LogP contribution is 2.40. The summed E-state index contributed by atoms with van der Waals surface area (Å²) in [5.74, 6) is 1.08. The van der Waals surface area contributed by atoms with Crippen LogP contribution in [0.1, 0.15) is 28.8 Å². The third kappa shape index (κ3) is 3.00. The van der Waals surface area contributed by atoms with E-state index in [0.29, 0.717) is 46.5 Å². The minimum absolute atomic E-state index is 0.0867. The number of piperazine rings is 1. The van der Waals surface area contributed by atoms with Crippen LogP contribution in [0.25, 0.3) is 0 Å². The monoisotopic (exact) mass is 397 g/mol. The average molecular weight is 398 g/mol. The quantitative estimate of drug-likeness (QED) is 0.800. The first-order valence-electron chi connectivity index (χ1n) is 9.09. The van der Waals surface area contributed by atoms with Gasteiger partial charge in [0, 0.05) is 42.1 Å². The summed E-state index contributed by atoms with van der Waals surface area (Å²) >= 11 is 5.95. The largest absolute Gasteiger partial charge is 0.492 e. The van der Waals surface area contributed by atoms with Crippen LogP contribution in [0.5, 0.6) is 5.75 Å². The Morgan fingerprint density at radius 3 is 2.64 bits per heavy atom. The van der Waals surface area contributed by atoms with Gasteiger partial charge in [0.15, 0.2) is 11.6 Å². The third-order valence-electron chi connectivity index (χ3n) is 5.47. The number of hydrogen-bond acceptors (Lipinski definition) is 6. The van der Waals surface area contributed by atoms with Crippen molar-refractivity contribution in [1.29, 1.82) is 5.26 Å². The van der Waals surface area contributed by atoms with Crippen LogP contribution in [0.4, 0.5) is 11.5 Å². The number of methoxy groups -OCH3 is 1. The number of aromatic nitrogens is 1. The van der Waals surface area contributed by atoms with E-state index in [1.54, 1.807) is 37.6 Å². The maximum Gasteiger partial charge on any atom is 0.256 e. The van der Waals surface area contributed by atoms with Crippen molar-refractivity contribution < 1.29 is 9.53 Å². The van der Waals surface area contributed by atoms with Crippen molar-refractivity contribution >= 4 is 29.0 Å². The Balaban J connectivity index is 1.61. The molecule has 0 spiro atoms. The SMILES string of the molecule is COc1c(C#N)ccnc1N1C2CCC1CN(C(=O)c1ccc(Cl)cc1N)C2. The number of amides is 1. The average Bonchev–Trinajstić information content (AvgIpc) is 2.95. The van der Waals surface area contributed by atoms with Gasteiger partial charge in [-0.05, 0) is 37.1 Å². The molecule has 1 aromatic heterocycles. The van der Waals surface area contributed by atoms with Crippen LogP contribution in [0, 0.1) is 11.3 Å². The van der Waals surface area contributed by atoms with Crippen molar-refractivity contribution in [3.05, 3.63) is 46.6 Å². The van der Waals surface area contributed by atoms with E-state index in [-0.39, 0.29) is 18.0 Å². The fourth-order valence-electron chi connectivity index (χ4n) is 4.22. The Hall–Kier alpha value is -2.98. The Morgan fingerprint density at radius 2 is 2.04 bits per heavy atom. The van der Waals surface area contributed by atoms with Crippen LogP contribution >= 0.6 is 11.6 Å². The van der Waals surface area contributed by atoms with E-state index in [1.807, 2.05) is 4.90 Å². The van der Waals surface area contributed by atoms with E-state index in [1.165, 1.54) is 0 Å². The zero-order valence-corrected chi connectivity index (χ0v) is 16.2. The second-order valence-electron chi connectivity index (χ2n) is 7.06. The van der Waals surface area contributed by atoms with E-state index in [9.17, 15) is 10.1 Å². The number of nitrogens with two attached hydrogens (primary N) is 1. The topological polar surface area (TPSA) is 95.5 Å². The Labute approximate surface area is 168 Å². The van der Waals surface area contributed by atoms with Crippen LogP contribution in [0.2, 0.25) is 5.02 Å². The van der Waals surface area contributed by atoms with Gasteiger partial charge >= 0.3 is 0 Å². The first-order valence-corrected chi connectivity index (χ1v) is 9.47. The van der Waals surface area contributed by atoms with Gasteiger partial charge in [-0.1, -0.05) is 11.6 Å². The predicted molar refractivity (Wildman–Crippen MR) is 107 cm³/mol. The fourth-order valence-corrected chi connectivity index (χ4v) is 4.40. The number of ether oxygens (including phenoxy) is 1. The molecule has 2 aromatic rings. The van der Waals surface area contributed by atoms with Gasteiger partial charge in [0.05, 0.1) is 18.2 Å². The van der Waals surface area contributed by atoms with Crippen LogP contribution in [-0.2, 0) is 0 Å². The van der Waals surface area contributed by atoms with E-state index in [4.69, 9.17) is 22.1 Å². The van der Waals surface area contributed by atoms with Gasteiger partial charge in [0.1, 0.15) is 6.07 Å². The van der Waals surface area contributed by atoms with E-state index in [2.05, 4.69) is 16.0 Å². The zero-order valence-electron chi connectivity index (χ0n) is 15.4. The molecule has 0 aliphatic carbocycles. The van der Waals surface area contributed by atoms with Crippen LogP contribution in [0.3, 0.4) is 0 Å². The van der Waals surface area contributed by atoms with E-state index < -0.39 is 0 Å². The number of carbonyl (C=O) groups excluding carboxylic acids is 1. The molecule has 28 heavy (non-hydrogen) atoms. The van der Waals surface area contributed by atoms with Crippen molar-refractivity contribution in [2.24, 2.45) is 0 Å². The molecule has 2 N–H and O–H groups in total. The molecule has 2 unspecified atom stereocenters. The molecule has 1 aromatic carbocycles. The molecule has 2 bridgehead atoms. The standard InChI is InChI=1S/C20H20ClN5O2/c1-28-18-12(9-22)6-7-24-19(18)26-14-3-4-15(26)11-25(10-14)20(27)16-5-2-13(21)8-17(16)23/h2,5-8,14-15H,3-4,10-11,23H2,1H3. The van der Waals surface area contributed by atoms with Crippen molar-refractivity contribution in [3.63, 3.8) is 0 Å². The molecule has 2 saturated heterocycles. The maximum atomic E-state index is 13.0. The molecule has 2 fully saturated rings. The lowest BCUT2D eigenvalue weighted by molar-refractivity contribution is 0.0718. The normalized spacial score (nSPS) is 20.8. The van der Waals surface area contributed by atoms with Crippen LogP contribution in [0.15, 0.2) is 30.5 Å². The number of pyridine rings is 1. The number of hydrogen-bond donors (Lipinski definition) is 1. The number of nitrogen functional groups attached to an aromatic ring is 1. The second-order valence-corrected chi connectivity index (χ2v) is 7.50. The number of rotatable bonds is 3. The lowest BCUT2D eigenvalue weighted by atomic mass is 10.1. The van der Waals surface area contributed by atoms with Gasteiger partial charge in [0.25, 0.3) is 5.91 Å². The molecule has 7 nitrogen and oxygen atoms in total. The summed E-state index contributed by atoms with van der Waals surface area (Å²) < 4.78 is 5.48. The number of fused-ring (bicyclic) bond motifs is 2. The van der Waals surface area contributed by atoms with Gasteiger partial charge < -0.3 is 20.3 Å². The highest BCUT2D eigenvalue weighted by molar-refractivity contribution is 6.31. The smallest absolute Gasteiger partial charge is 0.256 e. The highest BCUT2D eigenvalue weighted by atomic mass is 35.5. The van der Waals surface area contributed by atoms with Gasteiger partial charge in [0.2, 0.25) is 0 Å². The Morgan fingerprint density at radius 1 is 1.32 bits per heavy atom. The number of carbonyl (C=O) groups is 1. The summed E-state index contributed by atoms with van der Waals surface area (Å²) in [5.41, 5.74) is 7.32. The molecular formula is C20H20ClN5O2. The van der Waals surface area contributed by atoms with Gasteiger partial charge in [-0.15, -0.1) is 0 Å². The molecule has 0 saturated carbocycles. The first kappa shape index (κ1) is 18.4. The van der Waals surface area contributed by atoms with E-state index in [0.717, 1.165) is 12.8 Å². The molecule has 0 radical (unpaired) electrons. The lowest BCUT2D eigenvalue weighted by Crippen LogP contribution is -2.55. The molecule has 1 amide bonds. The highest BCUT2D eigenvalue weighted by Gasteiger charge is 2.43. The maximum absolute atomic E-state index is 13.0. The first-order chi connectivity index (χ1) is 13.5.